The van der Waals surface area contributed by atoms with Crippen molar-refractivity contribution in [2.75, 3.05) is 13.1 Å². The summed E-state index contributed by atoms with van der Waals surface area (Å²) in [5.41, 5.74) is 2.84. The number of benzene rings is 1. The number of fused-ring (bicyclic) bond motifs is 5. The molecule has 2 aliphatic heterocycles. The van der Waals surface area contributed by atoms with Gasteiger partial charge in [0.1, 0.15) is 6.04 Å². The molecule has 2 bridgehead atoms. The summed E-state index contributed by atoms with van der Waals surface area (Å²) < 4.78 is 1.87. The van der Waals surface area contributed by atoms with Gasteiger partial charge in [-0.3, -0.25) is 14.5 Å². The number of aromatic amines is 1. The molecule has 0 aliphatic carbocycles. The molecule has 3 atom stereocenters. The number of para-hydroxylation sites is 1. The van der Waals surface area contributed by atoms with Crippen LogP contribution in [0.15, 0.2) is 53.5 Å². The number of aliphatic carboxylic acids is 1. The first-order valence-corrected chi connectivity index (χ1v) is 9.34. The van der Waals surface area contributed by atoms with Crippen molar-refractivity contribution in [2.24, 2.45) is 5.92 Å². The number of piperidine rings is 1. The Morgan fingerprint density at radius 2 is 1.96 bits per heavy atom. The largest absolute Gasteiger partial charge is 0.480 e. The fourth-order valence-corrected chi connectivity index (χ4v) is 4.95. The highest BCUT2D eigenvalue weighted by atomic mass is 16.4. The zero-order valence-electron chi connectivity index (χ0n) is 14.8. The van der Waals surface area contributed by atoms with Gasteiger partial charge in [-0.05, 0) is 24.5 Å². The Morgan fingerprint density at radius 1 is 1.11 bits per heavy atom. The number of aromatic nitrogens is 2. The molecule has 0 amide bonds. The molecule has 6 nitrogen and oxygen atoms in total. The molecule has 5 rings (SSSR count). The van der Waals surface area contributed by atoms with Gasteiger partial charge >= 0.3 is 5.97 Å². The number of rotatable bonds is 3. The van der Waals surface area contributed by atoms with Crippen LogP contribution < -0.4 is 5.56 Å². The monoisotopic (exact) mass is 363 g/mol. The van der Waals surface area contributed by atoms with Crippen molar-refractivity contribution >= 4 is 16.9 Å². The Hall–Kier alpha value is -2.86. The molecule has 1 saturated heterocycles. The third-order valence-electron chi connectivity index (χ3n) is 6.02. The van der Waals surface area contributed by atoms with Gasteiger partial charge in [-0.2, -0.15) is 0 Å². The van der Waals surface area contributed by atoms with Crippen LogP contribution in [0.5, 0.6) is 0 Å². The first-order chi connectivity index (χ1) is 13.1. The van der Waals surface area contributed by atoms with E-state index >= 15 is 0 Å². The minimum atomic E-state index is -0.829. The van der Waals surface area contributed by atoms with E-state index in [1.165, 1.54) is 0 Å². The van der Waals surface area contributed by atoms with Gasteiger partial charge in [0.05, 0.1) is 0 Å². The van der Waals surface area contributed by atoms with Gasteiger partial charge < -0.3 is 14.7 Å². The van der Waals surface area contributed by atoms with Gasteiger partial charge in [0.25, 0.3) is 5.56 Å². The Morgan fingerprint density at radius 3 is 2.81 bits per heavy atom. The van der Waals surface area contributed by atoms with Crippen LogP contribution in [-0.2, 0) is 11.3 Å². The first kappa shape index (κ1) is 16.3. The summed E-state index contributed by atoms with van der Waals surface area (Å²) >= 11 is 0. The zero-order chi connectivity index (χ0) is 18.5. The van der Waals surface area contributed by atoms with Crippen LogP contribution in [0.3, 0.4) is 0 Å². The van der Waals surface area contributed by atoms with E-state index in [9.17, 15) is 14.7 Å². The average Bonchev–Trinajstić information content (AvgIpc) is 3.06. The van der Waals surface area contributed by atoms with Crippen LogP contribution in [0.1, 0.15) is 29.6 Å². The quantitative estimate of drug-likeness (QED) is 0.750. The summed E-state index contributed by atoms with van der Waals surface area (Å²) in [5.74, 6) is -0.341. The van der Waals surface area contributed by atoms with E-state index in [4.69, 9.17) is 0 Å². The normalized spacial score (nSPS) is 23.1. The maximum Gasteiger partial charge on any atom is 0.325 e. The van der Waals surface area contributed by atoms with Gasteiger partial charge in [-0.1, -0.05) is 24.3 Å². The molecule has 2 N–H and O–H groups in total. The predicted octanol–water partition coefficient (Wildman–Crippen LogP) is 2.57. The molecule has 138 valence electrons. The van der Waals surface area contributed by atoms with Gasteiger partial charge in [0.2, 0.25) is 0 Å². The number of nitrogens with zero attached hydrogens (tertiary/aromatic N) is 2. The van der Waals surface area contributed by atoms with Gasteiger partial charge in [-0.15, -0.1) is 0 Å². The van der Waals surface area contributed by atoms with E-state index in [1.807, 2.05) is 47.2 Å². The summed E-state index contributed by atoms with van der Waals surface area (Å²) in [6, 6.07) is 12.5. The van der Waals surface area contributed by atoms with E-state index in [-0.39, 0.29) is 11.5 Å². The standard InChI is InChI=1S/C21H21N3O3/c25-19-7-3-6-18-14-8-13(11-24(18)19)10-23(12-14)20(21(26)27)16-9-22-17-5-2-1-4-15(16)17/h1-7,9,13-14,20,22H,8,10-12H2,(H,26,27)/t13-,14-,20?/m1/s1. The highest BCUT2D eigenvalue weighted by molar-refractivity contribution is 5.89. The number of carboxylic acids is 1. The third kappa shape index (κ3) is 2.59. The van der Waals surface area contributed by atoms with Crippen molar-refractivity contribution in [1.82, 2.24) is 14.5 Å². The second-order valence-electron chi connectivity index (χ2n) is 7.68. The number of pyridine rings is 1. The number of hydrogen-bond acceptors (Lipinski definition) is 3. The summed E-state index contributed by atoms with van der Waals surface area (Å²) in [6.45, 7) is 2.01. The molecule has 6 heteroatoms. The first-order valence-electron chi connectivity index (χ1n) is 9.34. The van der Waals surface area contributed by atoms with Crippen LogP contribution in [0.2, 0.25) is 0 Å². The van der Waals surface area contributed by atoms with Gasteiger partial charge in [0, 0.05) is 60.0 Å². The molecule has 1 aromatic carbocycles. The number of H-pyrrole nitrogens is 1. The molecule has 0 radical (unpaired) electrons. The fourth-order valence-electron chi connectivity index (χ4n) is 4.95. The van der Waals surface area contributed by atoms with E-state index in [0.717, 1.165) is 28.6 Å². The molecule has 4 heterocycles. The van der Waals surface area contributed by atoms with Crippen LogP contribution in [0.4, 0.5) is 0 Å². The predicted molar refractivity (Wildman–Crippen MR) is 102 cm³/mol. The zero-order valence-corrected chi connectivity index (χ0v) is 14.8. The Balaban J connectivity index is 1.54. The van der Waals surface area contributed by atoms with Gasteiger partial charge in [0.15, 0.2) is 0 Å². The summed E-state index contributed by atoms with van der Waals surface area (Å²) in [5, 5.41) is 11.0. The van der Waals surface area contributed by atoms with Crippen molar-refractivity contribution in [2.45, 2.75) is 24.9 Å². The molecular weight excluding hydrogens is 342 g/mol. The second-order valence-corrected chi connectivity index (χ2v) is 7.68. The lowest BCUT2D eigenvalue weighted by atomic mass is 9.82. The molecule has 2 aliphatic rings. The van der Waals surface area contributed by atoms with Crippen molar-refractivity contribution in [3.63, 3.8) is 0 Å². The maximum absolute atomic E-state index is 12.2. The molecule has 1 fully saturated rings. The highest BCUT2D eigenvalue weighted by Gasteiger charge is 2.40. The van der Waals surface area contributed by atoms with Crippen molar-refractivity contribution in [1.29, 1.82) is 0 Å². The van der Waals surface area contributed by atoms with E-state index in [2.05, 4.69) is 9.88 Å². The summed E-state index contributed by atoms with van der Waals surface area (Å²) in [6.07, 6.45) is 2.84. The van der Waals surface area contributed by atoms with E-state index in [1.54, 1.807) is 6.07 Å². The Kier molecular flexibility index (Phi) is 3.68. The van der Waals surface area contributed by atoms with Crippen LogP contribution in [0, 0.1) is 5.92 Å². The Labute approximate surface area is 156 Å². The van der Waals surface area contributed by atoms with Crippen LogP contribution in [-0.4, -0.2) is 38.6 Å². The number of hydrogen-bond donors (Lipinski definition) is 2. The second kappa shape index (κ2) is 6.09. The van der Waals surface area contributed by atoms with Crippen molar-refractivity contribution in [3.05, 3.63) is 70.3 Å². The van der Waals surface area contributed by atoms with Crippen molar-refractivity contribution in [3.8, 4) is 0 Å². The topological polar surface area (TPSA) is 78.3 Å². The fraction of sp³-hybridized carbons (Fsp3) is 0.333. The molecule has 27 heavy (non-hydrogen) atoms. The smallest absolute Gasteiger partial charge is 0.325 e. The van der Waals surface area contributed by atoms with Crippen LogP contribution >= 0.6 is 0 Å². The minimum absolute atomic E-state index is 0.0436. The third-order valence-corrected chi connectivity index (χ3v) is 6.02. The number of carbonyl (C=O) groups is 1. The molecule has 1 unspecified atom stereocenters. The molecule has 2 aromatic heterocycles. The summed E-state index contributed by atoms with van der Waals surface area (Å²) in [7, 11) is 0. The van der Waals surface area contributed by atoms with E-state index < -0.39 is 12.0 Å². The molecular formula is C21H21N3O3. The maximum atomic E-state index is 12.2. The summed E-state index contributed by atoms with van der Waals surface area (Å²) in [4.78, 5) is 29.7. The van der Waals surface area contributed by atoms with Crippen LogP contribution in [0.25, 0.3) is 10.9 Å². The molecule has 0 spiro atoms. The lowest BCUT2D eigenvalue weighted by molar-refractivity contribution is -0.144. The van der Waals surface area contributed by atoms with Crippen molar-refractivity contribution < 1.29 is 9.90 Å². The highest BCUT2D eigenvalue weighted by Crippen LogP contribution is 2.39. The minimum Gasteiger partial charge on any atom is -0.480 e. The number of carboxylic acid groups (broad SMARTS) is 1. The van der Waals surface area contributed by atoms with E-state index in [0.29, 0.717) is 25.6 Å². The average molecular weight is 363 g/mol. The van der Waals surface area contributed by atoms with Gasteiger partial charge in [-0.25, -0.2) is 0 Å². The number of nitrogens with one attached hydrogen (secondary N) is 1. The Bertz CT molecular complexity index is 1080. The SMILES string of the molecule is O=C(O)C(c1c[nH]c2ccccc12)N1C[C@H]2C[C@H](C1)c1cccc(=O)n1C2. The number of likely N-dealkylation sites (tertiary alicyclic amines) is 1. The molecule has 0 saturated carbocycles. The lowest BCUT2D eigenvalue weighted by Gasteiger charge is -2.44. The molecule has 3 aromatic rings. The lowest BCUT2D eigenvalue weighted by Crippen LogP contribution is -2.49.